The summed E-state index contributed by atoms with van der Waals surface area (Å²) in [4.78, 5) is 17.8. The van der Waals surface area contributed by atoms with Crippen LogP contribution in [0.2, 0.25) is 0 Å². The highest BCUT2D eigenvalue weighted by molar-refractivity contribution is 9.10. The molecule has 0 bridgehead atoms. The summed E-state index contributed by atoms with van der Waals surface area (Å²) in [5.74, 6) is 0.846. The monoisotopic (exact) mass is 347 g/mol. The molecule has 5 nitrogen and oxygen atoms in total. The highest BCUT2D eigenvalue weighted by Crippen LogP contribution is 2.15. The summed E-state index contributed by atoms with van der Waals surface area (Å²) >= 11 is 3.47. The minimum atomic E-state index is 0.846. The number of nitrogens with zero attached hydrogens (tertiary/aromatic N) is 5. The number of hydrogen-bond donors (Lipinski definition) is 0. The van der Waals surface area contributed by atoms with Gasteiger partial charge in [0.05, 0.1) is 0 Å². The van der Waals surface area contributed by atoms with Crippen molar-refractivity contribution in [2.24, 2.45) is 0 Å². The lowest BCUT2D eigenvalue weighted by Crippen LogP contribution is -2.46. The second-order valence-corrected chi connectivity index (χ2v) is 6.19. The molecule has 0 aromatic carbocycles. The Morgan fingerprint density at radius 2 is 2.00 bits per heavy atom. The summed E-state index contributed by atoms with van der Waals surface area (Å²) in [7, 11) is 0. The summed E-state index contributed by atoms with van der Waals surface area (Å²) in [5.41, 5.74) is 2.26. The highest BCUT2D eigenvalue weighted by Gasteiger charge is 2.19. The van der Waals surface area contributed by atoms with Gasteiger partial charge in [-0.3, -0.25) is 9.88 Å². The van der Waals surface area contributed by atoms with Crippen LogP contribution in [0.5, 0.6) is 0 Å². The van der Waals surface area contributed by atoms with E-state index in [1.807, 2.05) is 31.6 Å². The van der Waals surface area contributed by atoms with Crippen LogP contribution in [0.25, 0.3) is 0 Å². The van der Waals surface area contributed by atoms with Crippen LogP contribution >= 0.6 is 15.9 Å². The van der Waals surface area contributed by atoms with Crippen molar-refractivity contribution in [2.45, 2.75) is 13.5 Å². The van der Waals surface area contributed by atoms with E-state index in [1.54, 1.807) is 0 Å². The molecule has 0 N–H and O–H groups in total. The predicted molar refractivity (Wildman–Crippen MR) is 86.2 cm³/mol. The van der Waals surface area contributed by atoms with Crippen LogP contribution in [0.3, 0.4) is 0 Å². The van der Waals surface area contributed by atoms with Gasteiger partial charge < -0.3 is 4.90 Å². The fourth-order valence-corrected chi connectivity index (χ4v) is 2.91. The number of halogens is 1. The minimum absolute atomic E-state index is 0.846. The Morgan fingerprint density at radius 1 is 1.19 bits per heavy atom. The highest BCUT2D eigenvalue weighted by atomic mass is 79.9. The van der Waals surface area contributed by atoms with E-state index in [4.69, 9.17) is 0 Å². The van der Waals surface area contributed by atoms with Crippen molar-refractivity contribution in [2.75, 3.05) is 31.1 Å². The molecule has 0 radical (unpaired) electrons. The molecule has 1 saturated heterocycles. The first-order valence-corrected chi connectivity index (χ1v) is 7.86. The molecule has 0 amide bonds. The molecule has 1 aliphatic rings. The van der Waals surface area contributed by atoms with Crippen LogP contribution in [0, 0.1) is 6.92 Å². The van der Waals surface area contributed by atoms with Gasteiger partial charge in [-0.05, 0) is 40.5 Å². The zero-order chi connectivity index (χ0) is 14.7. The number of piperazine rings is 1. The molecular formula is C15H18BrN5. The standard InChI is InChI=1S/C15H18BrN5/c1-12-2-3-18-15(19-12)21-6-4-20(5-7-21)11-13-8-14(16)10-17-9-13/h2-3,8-10H,4-7,11H2,1H3. The van der Waals surface area contributed by atoms with Gasteiger partial charge in [0, 0.05) is 61.5 Å². The van der Waals surface area contributed by atoms with Gasteiger partial charge in [-0.2, -0.15) is 0 Å². The molecule has 0 spiro atoms. The Labute approximate surface area is 133 Å². The Hall–Kier alpha value is -1.53. The van der Waals surface area contributed by atoms with Gasteiger partial charge in [0.2, 0.25) is 5.95 Å². The Balaban J connectivity index is 1.58. The van der Waals surface area contributed by atoms with E-state index in [9.17, 15) is 0 Å². The second-order valence-electron chi connectivity index (χ2n) is 5.27. The van der Waals surface area contributed by atoms with Crippen LogP contribution in [-0.4, -0.2) is 46.0 Å². The fraction of sp³-hybridized carbons (Fsp3) is 0.400. The summed E-state index contributed by atoms with van der Waals surface area (Å²) < 4.78 is 1.03. The Kier molecular flexibility index (Phi) is 4.45. The lowest BCUT2D eigenvalue weighted by atomic mass is 10.2. The van der Waals surface area contributed by atoms with E-state index in [0.717, 1.165) is 48.8 Å². The maximum absolute atomic E-state index is 4.50. The van der Waals surface area contributed by atoms with E-state index in [2.05, 4.69) is 46.7 Å². The minimum Gasteiger partial charge on any atom is -0.338 e. The van der Waals surface area contributed by atoms with Crippen molar-refractivity contribution in [3.63, 3.8) is 0 Å². The topological polar surface area (TPSA) is 45.2 Å². The summed E-state index contributed by atoms with van der Waals surface area (Å²) in [6, 6.07) is 4.06. The summed E-state index contributed by atoms with van der Waals surface area (Å²) in [6.07, 6.45) is 5.58. The normalized spacial score (nSPS) is 16.2. The van der Waals surface area contributed by atoms with Crippen LogP contribution in [0.15, 0.2) is 35.2 Å². The molecule has 110 valence electrons. The van der Waals surface area contributed by atoms with Crippen LogP contribution in [0.4, 0.5) is 5.95 Å². The summed E-state index contributed by atoms with van der Waals surface area (Å²) in [5, 5.41) is 0. The van der Waals surface area contributed by atoms with Crippen LogP contribution in [0.1, 0.15) is 11.3 Å². The van der Waals surface area contributed by atoms with E-state index >= 15 is 0 Å². The van der Waals surface area contributed by atoms with Crippen LogP contribution in [-0.2, 0) is 6.54 Å². The lowest BCUT2D eigenvalue weighted by Gasteiger charge is -2.34. The van der Waals surface area contributed by atoms with Gasteiger partial charge in [0.1, 0.15) is 0 Å². The lowest BCUT2D eigenvalue weighted by molar-refractivity contribution is 0.248. The average molecular weight is 348 g/mol. The Bertz CT molecular complexity index is 611. The number of rotatable bonds is 3. The second kappa shape index (κ2) is 6.49. The molecule has 0 saturated carbocycles. The van der Waals surface area contributed by atoms with Crippen molar-refractivity contribution >= 4 is 21.9 Å². The molecule has 0 aliphatic carbocycles. The number of pyridine rings is 1. The molecule has 1 fully saturated rings. The average Bonchev–Trinajstić information content (AvgIpc) is 2.48. The van der Waals surface area contributed by atoms with Gasteiger partial charge in [0.15, 0.2) is 0 Å². The zero-order valence-electron chi connectivity index (χ0n) is 12.0. The first-order chi connectivity index (χ1) is 10.2. The SMILES string of the molecule is Cc1ccnc(N2CCN(Cc3cncc(Br)c3)CC2)n1. The summed E-state index contributed by atoms with van der Waals surface area (Å²) in [6.45, 7) is 6.90. The molecule has 0 unspecified atom stereocenters. The molecule has 3 heterocycles. The van der Waals surface area contributed by atoms with Crippen molar-refractivity contribution in [1.29, 1.82) is 0 Å². The van der Waals surface area contributed by atoms with E-state index in [-0.39, 0.29) is 0 Å². The third kappa shape index (κ3) is 3.77. The first kappa shape index (κ1) is 14.4. The largest absolute Gasteiger partial charge is 0.338 e. The maximum Gasteiger partial charge on any atom is 0.225 e. The molecule has 2 aromatic rings. The maximum atomic E-state index is 4.50. The molecule has 3 rings (SSSR count). The fourth-order valence-electron chi connectivity index (χ4n) is 2.49. The molecule has 2 aromatic heterocycles. The van der Waals surface area contributed by atoms with Gasteiger partial charge in [0.25, 0.3) is 0 Å². The van der Waals surface area contributed by atoms with Crippen molar-refractivity contribution in [3.8, 4) is 0 Å². The first-order valence-electron chi connectivity index (χ1n) is 7.07. The molecule has 6 heteroatoms. The Morgan fingerprint density at radius 3 is 2.71 bits per heavy atom. The van der Waals surface area contributed by atoms with E-state index < -0.39 is 0 Å². The van der Waals surface area contributed by atoms with Crippen molar-refractivity contribution in [3.05, 3.63) is 46.5 Å². The third-order valence-corrected chi connectivity index (χ3v) is 4.04. The van der Waals surface area contributed by atoms with Gasteiger partial charge in [-0.25, -0.2) is 9.97 Å². The van der Waals surface area contributed by atoms with Gasteiger partial charge >= 0.3 is 0 Å². The quantitative estimate of drug-likeness (QED) is 0.852. The zero-order valence-corrected chi connectivity index (χ0v) is 13.6. The number of anilines is 1. The number of aromatic nitrogens is 3. The van der Waals surface area contributed by atoms with Gasteiger partial charge in [-0.1, -0.05) is 0 Å². The van der Waals surface area contributed by atoms with Crippen molar-refractivity contribution < 1.29 is 0 Å². The van der Waals surface area contributed by atoms with E-state index in [1.165, 1.54) is 5.56 Å². The molecular weight excluding hydrogens is 330 g/mol. The predicted octanol–water partition coefficient (Wildman–Crippen LogP) is 2.26. The molecule has 1 aliphatic heterocycles. The van der Waals surface area contributed by atoms with Crippen molar-refractivity contribution in [1.82, 2.24) is 19.9 Å². The smallest absolute Gasteiger partial charge is 0.225 e. The third-order valence-electron chi connectivity index (χ3n) is 3.60. The van der Waals surface area contributed by atoms with Gasteiger partial charge in [-0.15, -0.1) is 0 Å². The molecule has 0 atom stereocenters. The number of hydrogen-bond acceptors (Lipinski definition) is 5. The number of aryl methyl sites for hydroxylation is 1. The van der Waals surface area contributed by atoms with Crippen LogP contribution < -0.4 is 4.90 Å². The van der Waals surface area contributed by atoms with E-state index in [0.29, 0.717) is 0 Å². The molecule has 21 heavy (non-hydrogen) atoms.